The first-order valence-corrected chi connectivity index (χ1v) is 11.2. The number of carbonyl (C=O) groups excluding carboxylic acids is 1. The maximum Gasteiger partial charge on any atom is 0.243 e. The van der Waals surface area contributed by atoms with Gasteiger partial charge in [-0.25, -0.2) is 17.2 Å². The zero-order valence-corrected chi connectivity index (χ0v) is 17.0. The van der Waals surface area contributed by atoms with Gasteiger partial charge in [0.15, 0.2) is 0 Å². The number of halogens is 3. The van der Waals surface area contributed by atoms with Crippen LogP contribution in [0.25, 0.3) is 0 Å². The van der Waals surface area contributed by atoms with Crippen molar-refractivity contribution in [1.82, 2.24) is 9.21 Å². The molecule has 28 heavy (non-hydrogen) atoms. The minimum atomic E-state index is -3.65. The molecule has 5 nitrogen and oxygen atoms in total. The van der Waals surface area contributed by atoms with Gasteiger partial charge in [-0.1, -0.05) is 11.6 Å². The van der Waals surface area contributed by atoms with E-state index in [1.165, 1.54) is 34.6 Å². The van der Waals surface area contributed by atoms with E-state index in [-0.39, 0.29) is 47.6 Å². The number of benzene rings is 2. The van der Waals surface area contributed by atoms with Crippen molar-refractivity contribution in [3.63, 3.8) is 0 Å². The molecule has 0 bridgehead atoms. The van der Waals surface area contributed by atoms with Crippen molar-refractivity contribution in [3.8, 4) is 0 Å². The highest BCUT2D eigenvalue weighted by Gasteiger charge is 2.30. The Bertz CT molecular complexity index is 963. The smallest absolute Gasteiger partial charge is 0.243 e. The minimum Gasteiger partial charge on any atom is -0.339 e. The highest BCUT2D eigenvalue weighted by Crippen LogP contribution is 2.24. The van der Waals surface area contributed by atoms with Crippen LogP contribution in [0.5, 0.6) is 0 Å². The summed E-state index contributed by atoms with van der Waals surface area (Å²) in [4.78, 5) is 14.2. The Morgan fingerprint density at radius 1 is 1.04 bits per heavy atom. The number of thioether (sulfide) groups is 1. The van der Waals surface area contributed by atoms with Crippen LogP contribution in [0.15, 0.2) is 52.3 Å². The van der Waals surface area contributed by atoms with Crippen molar-refractivity contribution in [2.75, 3.05) is 31.9 Å². The Kier molecular flexibility index (Phi) is 6.59. The number of hydrogen-bond donors (Lipinski definition) is 0. The molecule has 150 valence electrons. The molecular weight excluding hydrogens is 430 g/mol. The van der Waals surface area contributed by atoms with E-state index in [4.69, 9.17) is 11.6 Å². The summed E-state index contributed by atoms with van der Waals surface area (Å²) >= 11 is 6.78. The van der Waals surface area contributed by atoms with Crippen molar-refractivity contribution in [2.45, 2.75) is 9.79 Å². The summed E-state index contributed by atoms with van der Waals surface area (Å²) in [5, 5.41) is 0.449. The summed E-state index contributed by atoms with van der Waals surface area (Å²) in [5.74, 6) is -1.62. The molecule has 2 aromatic rings. The van der Waals surface area contributed by atoms with E-state index >= 15 is 0 Å². The second-order valence-corrected chi connectivity index (χ2v) is 9.49. The van der Waals surface area contributed by atoms with E-state index in [0.717, 1.165) is 23.9 Å². The van der Waals surface area contributed by atoms with Crippen molar-refractivity contribution in [3.05, 3.63) is 59.1 Å². The van der Waals surface area contributed by atoms with Crippen molar-refractivity contribution in [2.24, 2.45) is 0 Å². The average molecular weight is 447 g/mol. The van der Waals surface area contributed by atoms with Crippen LogP contribution in [0, 0.1) is 11.6 Å². The van der Waals surface area contributed by atoms with E-state index in [1.54, 1.807) is 4.90 Å². The standard InChI is InChI=1S/C18H17ClF2N2O3S2/c19-13-1-4-15(5-2-13)28(25,26)23-9-7-22(8-10-23)18(24)12-27-17-6-3-14(20)11-16(17)21/h1-6,11H,7-10,12H2. The Labute approximate surface area is 171 Å². The summed E-state index contributed by atoms with van der Waals surface area (Å²) in [5.41, 5.74) is 0. The second kappa shape index (κ2) is 8.77. The van der Waals surface area contributed by atoms with Crippen LogP contribution in [0.3, 0.4) is 0 Å². The Balaban J connectivity index is 1.55. The van der Waals surface area contributed by atoms with E-state index < -0.39 is 21.7 Å². The van der Waals surface area contributed by atoms with Gasteiger partial charge in [0.2, 0.25) is 15.9 Å². The third-order valence-electron chi connectivity index (χ3n) is 4.29. The number of hydrogen-bond acceptors (Lipinski definition) is 4. The molecule has 0 saturated carbocycles. The highest BCUT2D eigenvalue weighted by molar-refractivity contribution is 8.00. The number of amides is 1. The third-order valence-corrected chi connectivity index (χ3v) is 7.49. The molecule has 1 aliphatic rings. The molecule has 0 N–H and O–H groups in total. The molecule has 2 aromatic carbocycles. The predicted molar refractivity (Wildman–Crippen MR) is 104 cm³/mol. The largest absolute Gasteiger partial charge is 0.339 e. The molecule has 3 rings (SSSR count). The van der Waals surface area contributed by atoms with Gasteiger partial charge < -0.3 is 4.90 Å². The van der Waals surface area contributed by atoms with E-state index in [9.17, 15) is 22.0 Å². The van der Waals surface area contributed by atoms with Gasteiger partial charge in [-0.2, -0.15) is 4.31 Å². The lowest BCUT2D eigenvalue weighted by atomic mass is 10.3. The summed E-state index contributed by atoms with van der Waals surface area (Å²) in [6.45, 7) is 0.842. The highest BCUT2D eigenvalue weighted by atomic mass is 35.5. The minimum absolute atomic E-state index is 0.00745. The van der Waals surface area contributed by atoms with Crippen LogP contribution < -0.4 is 0 Å². The number of piperazine rings is 1. The van der Waals surface area contributed by atoms with Gasteiger partial charge in [-0.15, -0.1) is 11.8 Å². The molecule has 0 aliphatic carbocycles. The molecule has 1 amide bonds. The summed E-state index contributed by atoms with van der Waals surface area (Å²) < 4.78 is 53.2. The first kappa shape index (κ1) is 21.0. The monoisotopic (exact) mass is 446 g/mol. The van der Waals surface area contributed by atoms with Crippen LogP contribution in [0.2, 0.25) is 5.02 Å². The van der Waals surface area contributed by atoms with Crippen LogP contribution in [0.1, 0.15) is 0 Å². The Morgan fingerprint density at radius 2 is 1.68 bits per heavy atom. The summed E-state index contributed by atoms with van der Waals surface area (Å²) in [6, 6.07) is 9.12. The van der Waals surface area contributed by atoms with Gasteiger partial charge >= 0.3 is 0 Å². The first-order chi connectivity index (χ1) is 13.3. The van der Waals surface area contributed by atoms with Gasteiger partial charge in [0.05, 0.1) is 10.6 Å². The lowest BCUT2D eigenvalue weighted by Crippen LogP contribution is -2.50. The molecule has 0 atom stereocenters. The van der Waals surface area contributed by atoms with Gasteiger partial charge in [-0.3, -0.25) is 4.79 Å². The van der Waals surface area contributed by atoms with Gasteiger partial charge in [0.25, 0.3) is 0 Å². The van der Waals surface area contributed by atoms with E-state index in [1.807, 2.05) is 0 Å². The molecule has 1 heterocycles. The molecule has 0 radical (unpaired) electrons. The number of nitrogens with zero attached hydrogens (tertiary/aromatic N) is 2. The topological polar surface area (TPSA) is 57.7 Å². The Morgan fingerprint density at radius 3 is 2.29 bits per heavy atom. The number of rotatable bonds is 5. The fourth-order valence-electron chi connectivity index (χ4n) is 2.76. The molecule has 10 heteroatoms. The van der Waals surface area contributed by atoms with Crippen molar-refractivity contribution in [1.29, 1.82) is 0 Å². The number of carbonyl (C=O) groups is 1. The van der Waals surface area contributed by atoms with Crippen LogP contribution in [0.4, 0.5) is 8.78 Å². The van der Waals surface area contributed by atoms with Crippen LogP contribution in [-0.4, -0.2) is 55.5 Å². The molecular formula is C18H17ClF2N2O3S2. The van der Waals surface area contributed by atoms with E-state index in [2.05, 4.69) is 0 Å². The van der Waals surface area contributed by atoms with Gasteiger partial charge in [-0.05, 0) is 36.4 Å². The van der Waals surface area contributed by atoms with E-state index in [0.29, 0.717) is 5.02 Å². The average Bonchev–Trinajstić information content (AvgIpc) is 2.67. The fraction of sp³-hybridized carbons (Fsp3) is 0.278. The molecule has 0 aromatic heterocycles. The van der Waals surface area contributed by atoms with Crippen molar-refractivity contribution < 1.29 is 22.0 Å². The SMILES string of the molecule is O=C(CSc1ccc(F)cc1F)N1CCN(S(=O)(=O)c2ccc(Cl)cc2)CC1. The third kappa shape index (κ3) is 4.83. The lowest BCUT2D eigenvalue weighted by molar-refractivity contribution is -0.129. The van der Waals surface area contributed by atoms with Crippen LogP contribution >= 0.6 is 23.4 Å². The molecule has 1 saturated heterocycles. The molecule has 0 spiro atoms. The number of sulfonamides is 1. The first-order valence-electron chi connectivity index (χ1n) is 8.39. The maximum absolute atomic E-state index is 13.6. The zero-order valence-electron chi connectivity index (χ0n) is 14.6. The molecule has 1 aliphatic heterocycles. The summed E-state index contributed by atoms with van der Waals surface area (Å²) in [6.07, 6.45) is 0. The molecule has 0 unspecified atom stereocenters. The molecule has 1 fully saturated rings. The second-order valence-electron chi connectivity index (χ2n) is 6.10. The van der Waals surface area contributed by atoms with Crippen LogP contribution in [-0.2, 0) is 14.8 Å². The van der Waals surface area contributed by atoms with Crippen molar-refractivity contribution >= 4 is 39.3 Å². The Hall–Kier alpha value is -1.68. The van der Waals surface area contributed by atoms with Gasteiger partial charge in [0, 0.05) is 42.2 Å². The zero-order chi connectivity index (χ0) is 20.3. The summed E-state index contributed by atoms with van der Waals surface area (Å²) in [7, 11) is -3.65. The van der Waals surface area contributed by atoms with Gasteiger partial charge in [0.1, 0.15) is 11.6 Å². The predicted octanol–water partition coefficient (Wildman–Crippen LogP) is 3.24. The quantitative estimate of drug-likeness (QED) is 0.661. The maximum atomic E-state index is 13.6. The fourth-order valence-corrected chi connectivity index (χ4v) is 5.13. The normalized spacial score (nSPS) is 15.6. The lowest BCUT2D eigenvalue weighted by Gasteiger charge is -2.34.